The maximum absolute atomic E-state index is 2.65. The number of fused-ring (bicyclic) bond motifs is 9. The third-order valence-corrected chi connectivity index (χ3v) is 19.9. The average molecular weight is 758 g/mol. The Kier molecular flexibility index (Phi) is 6.27. The molecule has 0 heterocycles. The maximum Gasteiger partial charge on any atom is 0.0543 e. The van der Waals surface area contributed by atoms with Crippen molar-refractivity contribution >= 4 is 17.1 Å². The van der Waals surface area contributed by atoms with Gasteiger partial charge in [0.25, 0.3) is 0 Å². The van der Waals surface area contributed by atoms with Crippen LogP contribution in [0.1, 0.15) is 126 Å². The number of nitrogens with zero attached hydrogens (tertiary/aromatic N) is 1. The van der Waals surface area contributed by atoms with Gasteiger partial charge in [0, 0.05) is 22.4 Å². The van der Waals surface area contributed by atoms with Crippen LogP contribution in [-0.4, -0.2) is 0 Å². The third kappa shape index (κ3) is 3.89. The molecule has 8 atom stereocenters. The SMILES string of the molecule is CC1(C)CCC(C)(C)c2cc(-c3ccc(N(c4ccc(C56CC7CC(CC5C7)C6)cc4)c4cccc5c4-c4ccccc4C54C5CC6CC7CC4C75C6)cc3)ccc21. The summed E-state index contributed by atoms with van der Waals surface area (Å²) < 4.78 is 0. The summed E-state index contributed by atoms with van der Waals surface area (Å²) in [6.45, 7) is 9.76. The van der Waals surface area contributed by atoms with Gasteiger partial charge in [-0.1, -0.05) is 107 Å². The first-order valence-electron chi connectivity index (χ1n) is 23.5. The normalized spacial score (nSPS) is 37.6. The molecule has 10 aliphatic rings. The van der Waals surface area contributed by atoms with E-state index in [1.165, 1.54) is 121 Å². The summed E-state index contributed by atoms with van der Waals surface area (Å²) >= 11 is 0. The molecule has 10 aliphatic carbocycles. The molecule has 0 aliphatic heterocycles. The van der Waals surface area contributed by atoms with Gasteiger partial charge >= 0.3 is 0 Å². The van der Waals surface area contributed by atoms with Crippen molar-refractivity contribution in [2.24, 2.45) is 46.8 Å². The monoisotopic (exact) mass is 757 g/mol. The maximum atomic E-state index is 2.65. The van der Waals surface area contributed by atoms with Gasteiger partial charge in [-0.15, -0.1) is 0 Å². The molecule has 0 radical (unpaired) electrons. The van der Waals surface area contributed by atoms with Gasteiger partial charge < -0.3 is 4.90 Å². The summed E-state index contributed by atoms with van der Waals surface area (Å²) in [6, 6.07) is 44.3. The Bertz CT molecular complexity index is 2560. The highest BCUT2D eigenvalue weighted by atomic mass is 15.1. The summed E-state index contributed by atoms with van der Waals surface area (Å²) in [7, 11) is 0. The largest absolute Gasteiger partial charge is 0.310 e. The Morgan fingerprint density at radius 2 is 1.14 bits per heavy atom. The van der Waals surface area contributed by atoms with E-state index in [9.17, 15) is 0 Å². The molecule has 58 heavy (non-hydrogen) atoms. The Balaban J connectivity index is 0.913. The molecular weight excluding hydrogens is 699 g/mol. The van der Waals surface area contributed by atoms with E-state index in [0.29, 0.717) is 10.8 Å². The fraction of sp³-hybridized carbons (Fsp3) is 0.474. The molecule has 0 aromatic heterocycles. The minimum absolute atomic E-state index is 0.195. The zero-order valence-corrected chi connectivity index (χ0v) is 35.2. The van der Waals surface area contributed by atoms with Crippen molar-refractivity contribution in [1.82, 2.24) is 0 Å². The smallest absolute Gasteiger partial charge is 0.0543 e. The van der Waals surface area contributed by atoms with Crippen LogP contribution in [0, 0.1) is 46.8 Å². The number of hydrogen-bond acceptors (Lipinski definition) is 1. The second kappa shape index (κ2) is 10.8. The molecule has 1 heteroatoms. The van der Waals surface area contributed by atoms with Crippen LogP contribution in [0.2, 0.25) is 0 Å². The van der Waals surface area contributed by atoms with E-state index < -0.39 is 0 Å². The van der Waals surface area contributed by atoms with Crippen LogP contribution in [0.4, 0.5) is 17.1 Å². The molecule has 292 valence electrons. The van der Waals surface area contributed by atoms with Gasteiger partial charge in [0.1, 0.15) is 0 Å². The molecule has 15 rings (SSSR count). The highest BCUT2D eigenvalue weighted by Gasteiger charge is 2.84. The van der Waals surface area contributed by atoms with Crippen LogP contribution in [0.15, 0.2) is 109 Å². The first kappa shape index (κ1) is 33.7. The minimum Gasteiger partial charge on any atom is -0.310 e. The summed E-state index contributed by atoms with van der Waals surface area (Å²) in [5.74, 6) is 6.42. The predicted octanol–water partition coefficient (Wildman–Crippen LogP) is 14.6. The van der Waals surface area contributed by atoms with Gasteiger partial charge in [0.15, 0.2) is 0 Å². The highest BCUT2D eigenvalue weighted by molar-refractivity contribution is 5.96. The molecule has 8 fully saturated rings. The number of hydrogen-bond donors (Lipinski definition) is 0. The van der Waals surface area contributed by atoms with Gasteiger partial charge in [-0.05, 0) is 209 Å². The summed E-state index contributed by atoms with van der Waals surface area (Å²) in [6.07, 6.45) is 15.7. The number of benzene rings is 5. The fourth-order valence-corrected chi connectivity index (χ4v) is 17.7. The number of rotatable bonds is 5. The Hall–Kier alpha value is -4.10. The first-order valence-corrected chi connectivity index (χ1v) is 23.5. The van der Waals surface area contributed by atoms with Crippen molar-refractivity contribution in [3.63, 3.8) is 0 Å². The average Bonchev–Trinajstić information content (AvgIpc) is 3.98. The summed E-state index contributed by atoms with van der Waals surface area (Å²) in [5.41, 5.74) is 19.3. The highest BCUT2D eigenvalue weighted by Crippen LogP contribution is 2.90. The standard InChI is InChI=1S/C57H59N/c1-53(2)22-23-54(3,4)48-29-38(14-21-46(48)53)37-12-17-42(18-13-37)58(43-19-15-39(16-20-43)55-31-34-24-35(32-55)26-40(55)25-34)49-11-7-10-47-52(49)44-8-5-6-9-45(44)57(47)50-28-36-27-41-30-51(57)56(41,50)33-36/h5-21,29,34-36,40-41,50-51H,22-28,30-33H2,1-4H3. The van der Waals surface area contributed by atoms with E-state index in [-0.39, 0.29) is 16.2 Å². The molecule has 0 N–H and O–H groups in total. The molecule has 5 aromatic rings. The van der Waals surface area contributed by atoms with Crippen molar-refractivity contribution in [3.8, 4) is 22.3 Å². The van der Waals surface area contributed by atoms with Crippen molar-refractivity contribution in [1.29, 1.82) is 0 Å². The van der Waals surface area contributed by atoms with Crippen LogP contribution in [0.3, 0.4) is 0 Å². The van der Waals surface area contributed by atoms with Crippen LogP contribution in [-0.2, 0) is 21.7 Å². The third-order valence-electron chi connectivity index (χ3n) is 19.9. The van der Waals surface area contributed by atoms with E-state index in [4.69, 9.17) is 0 Å². The van der Waals surface area contributed by atoms with Crippen LogP contribution >= 0.6 is 0 Å². The van der Waals surface area contributed by atoms with Gasteiger partial charge in [-0.2, -0.15) is 0 Å². The molecule has 0 saturated heterocycles. The molecule has 1 nitrogen and oxygen atoms in total. The molecule has 6 bridgehead atoms. The lowest BCUT2D eigenvalue weighted by Gasteiger charge is -2.76. The van der Waals surface area contributed by atoms with Crippen LogP contribution < -0.4 is 4.90 Å². The Morgan fingerprint density at radius 1 is 0.500 bits per heavy atom. The van der Waals surface area contributed by atoms with Crippen molar-refractivity contribution in [3.05, 3.63) is 137 Å². The van der Waals surface area contributed by atoms with E-state index in [1.807, 2.05) is 0 Å². The van der Waals surface area contributed by atoms with Gasteiger partial charge in [-0.3, -0.25) is 0 Å². The van der Waals surface area contributed by atoms with Crippen molar-refractivity contribution < 1.29 is 0 Å². The zero-order valence-electron chi connectivity index (χ0n) is 35.2. The van der Waals surface area contributed by atoms with Crippen molar-refractivity contribution in [2.75, 3.05) is 4.90 Å². The number of anilines is 3. The Morgan fingerprint density at radius 3 is 1.90 bits per heavy atom. The molecule has 5 aromatic carbocycles. The molecular formula is C57H59N. The van der Waals surface area contributed by atoms with E-state index in [0.717, 1.165) is 41.4 Å². The molecule has 2 spiro atoms. The van der Waals surface area contributed by atoms with Crippen LogP contribution in [0.5, 0.6) is 0 Å². The lowest BCUT2D eigenvalue weighted by atomic mass is 9.27. The molecule has 0 amide bonds. The van der Waals surface area contributed by atoms with E-state index in [1.54, 1.807) is 16.7 Å². The lowest BCUT2D eigenvalue weighted by Crippen LogP contribution is -2.73. The minimum atomic E-state index is 0.195. The summed E-state index contributed by atoms with van der Waals surface area (Å²) in [5, 5.41) is 0. The quantitative estimate of drug-likeness (QED) is 0.173. The topological polar surface area (TPSA) is 3.24 Å². The zero-order chi connectivity index (χ0) is 38.6. The summed E-state index contributed by atoms with van der Waals surface area (Å²) in [4.78, 5) is 2.65. The van der Waals surface area contributed by atoms with Gasteiger partial charge in [0.2, 0.25) is 0 Å². The second-order valence-electron chi connectivity index (χ2n) is 23.0. The predicted molar refractivity (Wildman–Crippen MR) is 238 cm³/mol. The van der Waals surface area contributed by atoms with E-state index in [2.05, 4.69) is 142 Å². The first-order chi connectivity index (χ1) is 28.1. The fourth-order valence-electron chi connectivity index (χ4n) is 17.7. The Labute approximate surface area is 346 Å². The van der Waals surface area contributed by atoms with Gasteiger partial charge in [-0.25, -0.2) is 0 Å². The van der Waals surface area contributed by atoms with Crippen molar-refractivity contribution in [2.45, 2.75) is 120 Å². The molecule has 8 saturated carbocycles. The van der Waals surface area contributed by atoms with E-state index >= 15 is 0 Å². The second-order valence-corrected chi connectivity index (χ2v) is 23.0. The van der Waals surface area contributed by atoms with Gasteiger partial charge in [0.05, 0.1) is 5.69 Å². The van der Waals surface area contributed by atoms with Crippen LogP contribution in [0.25, 0.3) is 22.3 Å². The lowest BCUT2D eigenvalue weighted by molar-refractivity contribution is -0.231. The molecule has 8 unspecified atom stereocenters.